The molecule has 0 aliphatic heterocycles. The van der Waals surface area contributed by atoms with Gasteiger partial charge < -0.3 is 5.11 Å². The molecule has 36 heavy (non-hydrogen) atoms. The van der Waals surface area contributed by atoms with Gasteiger partial charge in [0.2, 0.25) is 5.78 Å². The lowest BCUT2D eigenvalue weighted by molar-refractivity contribution is -0.142. The number of benzene rings is 3. The van der Waals surface area contributed by atoms with Crippen molar-refractivity contribution in [1.82, 2.24) is 4.98 Å². The van der Waals surface area contributed by atoms with Gasteiger partial charge >= 0.3 is 5.97 Å². The predicted molar refractivity (Wildman–Crippen MR) is 141 cm³/mol. The van der Waals surface area contributed by atoms with Crippen molar-refractivity contribution in [3.8, 4) is 0 Å². The standard InChI is InChI=1S/C30H26ClNO4/c1-30(2,29(35)36)25-18-32-27(24-8-4-3-7-23(24)25)28(34)21-14-12-20(13-15-21)26(33)9-5-6-19-10-16-22(31)17-11-19/h3-4,7-8,10-18H,5-6,9H2,1-2H3,(H,35,36). The first-order valence-corrected chi connectivity index (χ1v) is 12.1. The quantitative estimate of drug-likeness (QED) is 0.259. The zero-order valence-corrected chi connectivity index (χ0v) is 20.9. The molecule has 1 aromatic heterocycles. The number of halogens is 1. The van der Waals surface area contributed by atoms with E-state index in [4.69, 9.17) is 11.6 Å². The molecule has 1 N–H and O–H groups in total. The van der Waals surface area contributed by atoms with Crippen molar-refractivity contribution in [2.24, 2.45) is 0 Å². The summed E-state index contributed by atoms with van der Waals surface area (Å²) in [7, 11) is 0. The maximum Gasteiger partial charge on any atom is 0.313 e. The summed E-state index contributed by atoms with van der Waals surface area (Å²) in [5.74, 6) is -1.23. The van der Waals surface area contributed by atoms with Crippen molar-refractivity contribution in [3.05, 3.63) is 112 Å². The zero-order chi connectivity index (χ0) is 25.9. The van der Waals surface area contributed by atoms with E-state index in [0.717, 1.165) is 18.4 Å². The lowest BCUT2D eigenvalue weighted by atomic mass is 9.82. The molecule has 5 nitrogen and oxygen atoms in total. The number of Topliss-reactive ketones (excluding diaryl/α,β-unsaturated/α-hetero) is 1. The Labute approximate surface area is 214 Å². The average Bonchev–Trinajstić information content (AvgIpc) is 2.88. The van der Waals surface area contributed by atoms with Crippen molar-refractivity contribution < 1.29 is 19.5 Å². The fraction of sp³-hybridized carbons (Fsp3) is 0.200. The smallest absolute Gasteiger partial charge is 0.313 e. The minimum atomic E-state index is -1.16. The van der Waals surface area contributed by atoms with Crippen LogP contribution in [0.2, 0.25) is 5.02 Å². The summed E-state index contributed by atoms with van der Waals surface area (Å²) in [4.78, 5) is 42.1. The molecule has 0 spiro atoms. The van der Waals surface area contributed by atoms with E-state index in [1.807, 2.05) is 30.3 Å². The predicted octanol–water partition coefficient (Wildman–Crippen LogP) is 6.69. The minimum Gasteiger partial charge on any atom is -0.481 e. The molecule has 0 radical (unpaired) electrons. The number of carboxylic acids is 1. The van der Waals surface area contributed by atoms with Crippen molar-refractivity contribution >= 4 is 39.9 Å². The number of hydrogen-bond donors (Lipinski definition) is 1. The van der Waals surface area contributed by atoms with E-state index < -0.39 is 11.4 Å². The summed E-state index contributed by atoms with van der Waals surface area (Å²) in [6.45, 7) is 3.23. The molecule has 0 saturated heterocycles. The number of carboxylic acid groups (broad SMARTS) is 1. The Morgan fingerprint density at radius 1 is 0.861 bits per heavy atom. The molecule has 3 aromatic carbocycles. The number of carbonyl (C=O) groups is 3. The van der Waals surface area contributed by atoms with Crippen LogP contribution in [0.1, 0.15) is 64.2 Å². The summed E-state index contributed by atoms with van der Waals surface area (Å²) >= 11 is 5.91. The number of aryl methyl sites for hydroxylation is 1. The Morgan fingerprint density at radius 3 is 2.11 bits per heavy atom. The van der Waals surface area contributed by atoms with Crippen molar-refractivity contribution in [3.63, 3.8) is 0 Å². The van der Waals surface area contributed by atoms with Crippen LogP contribution in [0.3, 0.4) is 0 Å². The van der Waals surface area contributed by atoms with Gasteiger partial charge in [0, 0.05) is 34.2 Å². The summed E-state index contributed by atoms with van der Waals surface area (Å²) in [5.41, 5.74) is 1.73. The molecule has 1 heterocycles. The van der Waals surface area contributed by atoms with E-state index in [1.165, 1.54) is 6.20 Å². The third kappa shape index (κ3) is 5.21. The highest BCUT2D eigenvalue weighted by Gasteiger charge is 2.32. The van der Waals surface area contributed by atoms with Gasteiger partial charge in [-0.2, -0.15) is 0 Å². The molecule has 0 unspecified atom stereocenters. The van der Waals surface area contributed by atoms with Crippen LogP contribution >= 0.6 is 11.6 Å². The van der Waals surface area contributed by atoms with Gasteiger partial charge in [0.05, 0.1) is 5.41 Å². The fourth-order valence-corrected chi connectivity index (χ4v) is 4.31. The molecule has 0 atom stereocenters. The van der Waals surface area contributed by atoms with Crippen LogP contribution in [0.15, 0.2) is 79.0 Å². The van der Waals surface area contributed by atoms with E-state index in [-0.39, 0.29) is 17.3 Å². The summed E-state index contributed by atoms with van der Waals surface area (Å²) in [6, 6.07) is 21.4. The maximum atomic E-state index is 13.3. The second-order valence-corrected chi connectivity index (χ2v) is 9.74. The number of ketones is 2. The Balaban J connectivity index is 1.51. The van der Waals surface area contributed by atoms with Crippen molar-refractivity contribution in [1.29, 1.82) is 0 Å². The molecule has 0 fully saturated rings. The number of aromatic nitrogens is 1. The van der Waals surface area contributed by atoms with E-state index in [1.54, 1.807) is 56.3 Å². The Hall–Kier alpha value is -3.83. The molecule has 182 valence electrons. The number of pyridine rings is 1. The Bertz CT molecular complexity index is 1440. The monoisotopic (exact) mass is 499 g/mol. The van der Waals surface area contributed by atoms with Gasteiger partial charge in [-0.1, -0.05) is 72.3 Å². The topological polar surface area (TPSA) is 84.3 Å². The van der Waals surface area contributed by atoms with Gasteiger partial charge in [-0.15, -0.1) is 0 Å². The van der Waals surface area contributed by atoms with Crippen LogP contribution in [0.4, 0.5) is 0 Å². The van der Waals surface area contributed by atoms with Crippen LogP contribution in [-0.4, -0.2) is 27.6 Å². The number of aliphatic carboxylic acids is 1. The van der Waals surface area contributed by atoms with Crippen molar-refractivity contribution in [2.45, 2.75) is 38.5 Å². The number of carbonyl (C=O) groups excluding carboxylic acids is 2. The van der Waals surface area contributed by atoms with Crippen LogP contribution in [0.5, 0.6) is 0 Å². The number of fused-ring (bicyclic) bond motifs is 1. The molecule has 0 aliphatic carbocycles. The molecule has 0 bridgehead atoms. The highest BCUT2D eigenvalue weighted by molar-refractivity contribution is 6.30. The summed E-state index contributed by atoms with van der Waals surface area (Å²) < 4.78 is 0. The first-order valence-electron chi connectivity index (χ1n) is 11.7. The fourth-order valence-electron chi connectivity index (χ4n) is 4.18. The maximum absolute atomic E-state index is 13.3. The molecule has 0 aliphatic rings. The Kier molecular flexibility index (Phi) is 7.32. The summed E-state index contributed by atoms with van der Waals surface area (Å²) in [5, 5.41) is 11.6. The second kappa shape index (κ2) is 10.4. The van der Waals surface area contributed by atoms with Crippen LogP contribution in [0.25, 0.3) is 10.8 Å². The molecule has 0 saturated carbocycles. The zero-order valence-electron chi connectivity index (χ0n) is 20.1. The van der Waals surface area contributed by atoms with Crippen LogP contribution in [-0.2, 0) is 16.6 Å². The first kappa shape index (κ1) is 25.3. The molecule has 6 heteroatoms. The summed E-state index contributed by atoms with van der Waals surface area (Å²) in [6.07, 6.45) is 3.38. The van der Waals surface area contributed by atoms with Gasteiger partial charge in [-0.3, -0.25) is 19.4 Å². The van der Waals surface area contributed by atoms with E-state index in [9.17, 15) is 19.5 Å². The van der Waals surface area contributed by atoms with E-state index in [0.29, 0.717) is 38.9 Å². The van der Waals surface area contributed by atoms with Gasteiger partial charge in [-0.05, 0) is 55.3 Å². The molecule has 0 amide bonds. The molecular weight excluding hydrogens is 474 g/mol. The second-order valence-electron chi connectivity index (χ2n) is 9.31. The highest BCUT2D eigenvalue weighted by atomic mass is 35.5. The molecule has 4 rings (SSSR count). The van der Waals surface area contributed by atoms with Crippen LogP contribution < -0.4 is 0 Å². The van der Waals surface area contributed by atoms with Gasteiger partial charge in [-0.25, -0.2) is 0 Å². The van der Waals surface area contributed by atoms with E-state index in [2.05, 4.69) is 4.98 Å². The lowest BCUT2D eigenvalue weighted by Gasteiger charge is -2.22. The van der Waals surface area contributed by atoms with Crippen LogP contribution in [0, 0.1) is 0 Å². The largest absolute Gasteiger partial charge is 0.481 e. The first-order chi connectivity index (χ1) is 17.2. The lowest BCUT2D eigenvalue weighted by Crippen LogP contribution is -2.29. The van der Waals surface area contributed by atoms with Gasteiger partial charge in [0.15, 0.2) is 5.78 Å². The van der Waals surface area contributed by atoms with Gasteiger partial charge in [0.1, 0.15) is 5.69 Å². The number of hydrogen-bond acceptors (Lipinski definition) is 4. The third-order valence-electron chi connectivity index (χ3n) is 6.47. The normalized spacial score (nSPS) is 11.4. The van der Waals surface area contributed by atoms with Crippen molar-refractivity contribution in [2.75, 3.05) is 0 Å². The minimum absolute atomic E-state index is 0.0202. The third-order valence-corrected chi connectivity index (χ3v) is 6.72. The highest BCUT2D eigenvalue weighted by Crippen LogP contribution is 2.32. The molecular formula is C30H26ClNO4. The number of rotatable bonds is 9. The Morgan fingerprint density at radius 2 is 1.47 bits per heavy atom. The SMILES string of the molecule is CC(C)(C(=O)O)c1cnc(C(=O)c2ccc(C(=O)CCCc3ccc(Cl)cc3)cc2)c2ccccc12. The molecule has 4 aromatic rings. The van der Waals surface area contributed by atoms with E-state index >= 15 is 0 Å². The average molecular weight is 500 g/mol. The number of nitrogens with zero attached hydrogens (tertiary/aromatic N) is 1. The van der Waals surface area contributed by atoms with Gasteiger partial charge in [0.25, 0.3) is 0 Å².